The molecule has 2 aromatic carbocycles. The van der Waals surface area contributed by atoms with E-state index in [0.29, 0.717) is 27.9 Å². The highest BCUT2D eigenvalue weighted by Crippen LogP contribution is 2.25. The zero-order valence-electron chi connectivity index (χ0n) is 15.0. The van der Waals surface area contributed by atoms with Crippen molar-refractivity contribution in [3.05, 3.63) is 66.0 Å². The zero-order valence-corrected chi connectivity index (χ0v) is 16.6. The Hall–Kier alpha value is -2.69. The summed E-state index contributed by atoms with van der Waals surface area (Å²) >= 11 is 5.09. The molecule has 0 aliphatic carbocycles. The minimum atomic E-state index is -2.75. The molecule has 1 unspecified atom stereocenters. The third kappa shape index (κ3) is 4.58. The molecule has 146 valence electrons. The van der Waals surface area contributed by atoms with Crippen molar-refractivity contribution in [2.75, 3.05) is 17.7 Å². The van der Waals surface area contributed by atoms with E-state index in [1.807, 2.05) is 13.0 Å². The molecule has 1 atom stereocenters. The Kier molecular flexibility index (Phi) is 5.82. The molecule has 0 saturated carbocycles. The highest BCUT2D eigenvalue weighted by Gasteiger charge is 2.11. The second-order valence-corrected chi connectivity index (χ2v) is 9.15. The summed E-state index contributed by atoms with van der Waals surface area (Å²) in [5.74, 6) is -1.03. The number of anilines is 4. The summed E-state index contributed by atoms with van der Waals surface area (Å²) in [5, 5.41) is 6.02. The van der Waals surface area contributed by atoms with Gasteiger partial charge in [0, 0.05) is 34.7 Å². The Morgan fingerprint density at radius 2 is 1.68 bits per heavy atom. The Morgan fingerprint density at radius 1 is 0.964 bits per heavy atom. The summed E-state index contributed by atoms with van der Waals surface area (Å²) in [4.78, 5) is 8.70. The first-order chi connectivity index (χ1) is 13.3. The molecule has 0 amide bonds. The maximum Gasteiger partial charge on any atom is 0.160 e. The van der Waals surface area contributed by atoms with Crippen LogP contribution >= 0.6 is 0 Å². The highest BCUT2D eigenvalue weighted by molar-refractivity contribution is 8.31. The van der Waals surface area contributed by atoms with Gasteiger partial charge in [0.1, 0.15) is 26.6 Å². The quantitative estimate of drug-likeness (QED) is 0.562. The van der Waals surface area contributed by atoms with Crippen LogP contribution in [0.25, 0.3) is 0 Å². The smallest absolute Gasteiger partial charge is 0.160 e. The summed E-state index contributed by atoms with van der Waals surface area (Å²) < 4.78 is 41.4. The molecule has 0 bridgehead atoms. The average molecular weight is 421 g/mol. The van der Waals surface area contributed by atoms with Crippen molar-refractivity contribution >= 4 is 42.9 Å². The van der Waals surface area contributed by atoms with Crippen molar-refractivity contribution < 1.29 is 13.0 Å². The van der Waals surface area contributed by atoms with E-state index in [0.717, 1.165) is 17.7 Å². The van der Waals surface area contributed by atoms with Crippen LogP contribution in [0.5, 0.6) is 0 Å². The number of hydrogen-bond acceptors (Lipinski definition) is 6. The van der Waals surface area contributed by atoms with E-state index in [2.05, 4.69) is 25.3 Å². The van der Waals surface area contributed by atoms with Gasteiger partial charge in [0.15, 0.2) is 11.6 Å². The highest BCUT2D eigenvalue weighted by atomic mass is 32.8. The zero-order chi connectivity index (χ0) is 20.3. The van der Waals surface area contributed by atoms with Crippen LogP contribution in [-0.2, 0) is 19.9 Å². The number of rotatable bonds is 6. The molecule has 3 N–H and O–H groups in total. The maximum absolute atomic E-state index is 13.4. The topological polar surface area (TPSA) is 78.9 Å². The van der Waals surface area contributed by atoms with Gasteiger partial charge in [-0.3, -0.25) is 0 Å². The lowest BCUT2D eigenvalue weighted by Crippen LogP contribution is -2.17. The summed E-state index contributed by atoms with van der Waals surface area (Å²) in [6.07, 6.45) is 1.33. The summed E-state index contributed by atoms with van der Waals surface area (Å²) in [5.41, 5.74) is 1.93. The van der Waals surface area contributed by atoms with Gasteiger partial charge >= 0.3 is 0 Å². The fourth-order valence-electron chi connectivity index (χ4n) is 2.37. The van der Waals surface area contributed by atoms with Gasteiger partial charge in [0.2, 0.25) is 0 Å². The molecule has 3 rings (SSSR count). The van der Waals surface area contributed by atoms with Crippen LogP contribution in [-0.4, -0.2) is 21.2 Å². The number of halogens is 2. The first-order valence-electron chi connectivity index (χ1n) is 8.14. The molecular formula is C18H17F2N5OS2. The van der Waals surface area contributed by atoms with Gasteiger partial charge in [-0.25, -0.2) is 27.7 Å². The molecule has 0 saturated heterocycles. The fraction of sp³-hybridized carbons (Fsp3) is 0.111. The Labute approximate surface area is 166 Å². The SMILES string of the molecule is CNS(=O)(=S)c1ccc(C)c(Nc2cc(Nc3ccc(F)c(F)c3)ncn2)c1. The molecule has 0 aliphatic rings. The monoisotopic (exact) mass is 421 g/mol. The van der Waals surface area contributed by atoms with Crippen molar-refractivity contribution in [3.8, 4) is 0 Å². The minimum absolute atomic E-state index is 0.349. The number of nitrogens with zero attached hydrogens (tertiary/aromatic N) is 2. The van der Waals surface area contributed by atoms with Gasteiger partial charge in [-0.15, -0.1) is 0 Å². The van der Waals surface area contributed by atoms with E-state index in [1.54, 1.807) is 25.2 Å². The standard InChI is InChI=1S/C18H17F2N5OS2/c1-11-3-5-13(28(26,27)21-2)8-16(11)25-18-9-17(22-10-23-18)24-12-4-6-14(19)15(20)7-12/h3-10,21H,1-2H3,(H2,22,23,24,25). The first kappa shape index (κ1) is 20.1. The van der Waals surface area contributed by atoms with Crippen LogP contribution in [0, 0.1) is 18.6 Å². The summed E-state index contributed by atoms with van der Waals surface area (Å²) in [6, 6.07) is 10.3. The lowest BCUT2D eigenvalue weighted by atomic mass is 10.2. The molecule has 1 heterocycles. The van der Waals surface area contributed by atoms with Crippen LogP contribution < -0.4 is 15.4 Å². The first-order valence-corrected chi connectivity index (χ1v) is 10.6. The van der Waals surface area contributed by atoms with Gasteiger partial charge in [0.25, 0.3) is 0 Å². The van der Waals surface area contributed by atoms with E-state index in [4.69, 9.17) is 11.2 Å². The van der Waals surface area contributed by atoms with Gasteiger partial charge in [-0.1, -0.05) is 6.07 Å². The Bertz CT molecular complexity index is 1120. The third-order valence-electron chi connectivity index (χ3n) is 3.91. The Balaban J connectivity index is 1.85. The van der Waals surface area contributed by atoms with Gasteiger partial charge in [0.05, 0.1) is 4.90 Å². The van der Waals surface area contributed by atoms with Gasteiger partial charge in [-0.05, 0) is 43.8 Å². The van der Waals surface area contributed by atoms with Gasteiger partial charge < -0.3 is 10.6 Å². The fourth-order valence-corrected chi connectivity index (χ4v) is 3.44. The van der Waals surface area contributed by atoms with Gasteiger partial charge in [-0.2, -0.15) is 0 Å². The predicted molar refractivity (Wildman–Crippen MR) is 109 cm³/mol. The minimum Gasteiger partial charge on any atom is -0.340 e. The largest absolute Gasteiger partial charge is 0.340 e. The molecule has 0 aliphatic heterocycles. The molecular weight excluding hydrogens is 404 g/mol. The lowest BCUT2D eigenvalue weighted by Gasteiger charge is -2.13. The van der Waals surface area contributed by atoms with E-state index in [1.165, 1.54) is 12.4 Å². The average Bonchev–Trinajstić information content (AvgIpc) is 2.67. The number of hydrogen-bond donors (Lipinski definition) is 3. The summed E-state index contributed by atoms with van der Waals surface area (Å²) in [6.45, 7) is 1.89. The van der Waals surface area contributed by atoms with Crippen molar-refractivity contribution in [1.29, 1.82) is 0 Å². The molecule has 0 spiro atoms. The predicted octanol–water partition coefficient (Wildman–Crippen LogP) is 3.79. The molecule has 0 fully saturated rings. The van der Waals surface area contributed by atoms with E-state index in [-0.39, 0.29) is 0 Å². The molecule has 0 radical (unpaired) electrons. The van der Waals surface area contributed by atoms with Crippen LogP contribution in [0.2, 0.25) is 0 Å². The third-order valence-corrected chi connectivity index (χ3v) is 6.40. The number of nitrogens with one attached hydrogen (secondary N) is 3. The van der Waals surface area contributed by atoms with Crippen LogP contribution in [0.4, 0.5) is 31.8 Å². The van der Waals surface area contributed by atoms with Crippen molar-refractivity contribution in [2.45, 2.75) is 11.8 Å². The molecule has 28 heavy (non-hydrogen) atoms. The van der Waals surface area contributed by atoms with E-state index in [9.17, 15) is 13.0 Å². The number of aryl methyl sites for hydroxylation is 1. The number of aromatic nitrogens is 2. The van der Waals surface area contributed by atoms with Crippen LogP contribution in [0.1, 0.15) is 5.56 Å². The maximum atomic E-state index is 13.4. The van der Waals surface area contributed by atoms with Crippen LogP contribution in [0.3, 0.4) is 0 Å². The number of benzene rings is 2. The second-order valence-electron chi connectivity index (χ2n) is 5.85. The lowest BCUT2D eigenvalue weighted by molar-refractivity contribution is 0.509. The molecule has 1 aromatic heterocycles. The second kappa shape index (κ2) is 8.13. The van der Waals surface area contributed by atoms with Crippen molar-refractivity contribution in [3.63, 3.8) is 0 Å². The molecule has 3 aromatic rings. The van der Waals surface area contributed by atoms with Crippen LogP contribution in [0.15, 0.2) is 53.7 Å². The Morgan fingerprint density at radius 3 is 2.36 bits per heavy atom. The molecule has 6 nitrogen and oxygen atoms in total. The van der Waals surface area contributed by atoms with Crippen molar-refractivity contribution in [2.24, 2.45) is 0 Å². The van der Waals surface area contributed by atoms with Crippen molar-refractivity contribution in [1.82, 2.24) is 14.7 Å². The normalized spacial score (nSPS) is 13.0. The molecule has 10 heteroatoms. The summed E-state index contributed by atoms with van der Waals surface area (Å²) in [7, 11) is -1.21. The van der Waals surface area contributed by atoms with E-state index < -0.39 is 20.3 Å². The van der Waals surface area contributed by atoms with E-state index >= 15 is 0 Å².